The number of carbonyl (C=O) groups excluding carboxylic acids is 2. The van der Waals surface area contributed by atoms with Crippen LogP contribution < -0.4 is 9.47 Å². The quantitative estimate of drug-likeness (QED) is 0.312. The molecule has 1 saturated heterocycles. The fourth-order valence-electron chi connectivity index (χ4n) is 4.19. The first-order chi connectivity index (χ1) is 13.0. The number of methoxy groups -OCH3 is 1. The molecule has 0 aromatic heterocycles. The zero-order valence-electron chi connectivity index (χ0n) is 14.6. The summed E-state index contributed by atoms with van der Waals surface area (Å²) >= 11 is 3.42. The average molecular weight is 429 g/mol. The number of carbonyl (C=O) groups is 2. The maximum absolute atomic E-state index is 12.7. The summed E-state index contributed by atoms with van der Waals surface area (Å²) in [4.78, 5) is 25.3. The number of benzene rings is 1. The van der Waals surface area contributed by atoms with Gasteiger partial charge in [0.15, 0.2) is 11.5 Å². The number of amides is 2. The van der Waals surface area contributed by atoms with Gasteiger partial charge < -0.3 is 9.47 Å². The molecule has 4 atom stereocenters. The van der Waals surface area contributed by atoms with E-state index in [4.69, 9.17) is 15.9 Å². The van der Waals surface area contributed by atoms with Crippen LogP contribution in [0, 0.1) is 36.0 Å². The van der Waals surface area contributed by atoms with Crippen LogP contribution in [0.3, 0.4) is 0 Å². The monoisotopic (exact) mass is 428 g/mol. The molecule has 27 heavy (non-hydrogen) atoms. The summed E-state index contributed by atoms with van der Waals surface area (Å²) in [6, 6.07) is 3.46. The third kappa shape index (κ3) is 2.85. The largest absolute Gasteiger partial charge is 0.493 e. The van der Waals surface area contributed by atoms with E-state index < -0.39 is 0 Å². The first kappa shape index (κ1) is 17.8. The van der Waals surface area contributed by atoms with Gasteiger partial charge in [-0.1, -0.05) is 18.1 Å². The van der Waals surface area contributed by atoms with E-state index >= 15 is 0 Å². The maximum atomic E-state index is 12.7. The fourth-order valence-corrected chi connectivity index (χ4v) is 4.77. The van der Waals surface area contributed by atoms with Gasteiger partial charge in [-0.25, -0.2) is 0 Å². The zero-order chi connectivity index (χ0) is 19.1. The molecule has 1 aliphatic heterocycles. The third-order valence-corrected chi connectivity index (χ3v) is 5.91. The molecular weight excluding hydrogens is 412 g/mol. The Morgan fingerprint density at radius 3 is 2.56 bits per heavy atom. The van der Waals surface area contributed by atoms with Crippen molar-refractivity contribution in [2.45, 2.75) is 6.42 Å². The molecule has 2 bridgehead atoms. The summed E-state index contributed by atoms with van der Waals surface area (Å²) in [6.07, 6.45) is 11.7. The van der Waals surface area contributed by atoms with Crippen molar-refractivity contribution in [2.24, 2.45) is 28.8 Å². The predicted molar refractivity (Wildman–Crippen MR) is 102 cm³/mol. The first-order valence-corrected chi connectivity index (χ1v) is 9.38. The molecule has 0 spiro atoms. The molecule has 2 amide bonds. The molecule has 2 aliphatic carbocycles. The van der Waals surface area contributed by atoms with Crippen LogP contribution in [0.1, 0.15) is 12.0 Å². The molecule has 4 rings (SSSR count). The summed E-state index contributed by atoms with van der Waals surface area (Å²) in [6.45, 7) is 0.109. The van der Waals surface area contributed by atoms with Crippen LogP contribution in [0.15, 0.2) is 33.9 Å². The number of nitrogens with zero attached hydrogens (tertiary/aromatic N) is 2. The second kappa shape index (κ2) is 6.86. The highest BCUT2D eigenvalue weighted by Crippen LogP contribution is 2.52. The molecule has 2 fully saturated rings. The van der Waals surface area contributed by atoms with Crippen LogP contribution in [0.4, 0.5) is 0 Å². The van der Waals surface area contributed by atoms with Crippen LogP contribution in [-0.4, -0.2) is 36.8 Å². The van der Waals surface area contributed by atoms with Crippen molar-refractivity contribution in [1.82, 2.24) is 5.01 Å². The Balaban J connectivity index is 1.57. The second-order valence-electron chi connectivity index (χ2n) is 6.76. The van der Waals surface area contributed by atoms with E-state index in [0.717, 1.165) is 11.4 Å². The number of fused-ring (bicyclic) bond motifs is 5. The highest BCUT2D eigenvalue weighted by Gasteiger charge is 2.59. The lowest BCUT2D eigenvalue weighted by atomic mass is 9.85. The number of allylic oxidation sites excluding steroid dienone is 2. The van der Waals surface area contributed by atoms with Gasteiger partial charge in [0.2, 0.25) is 0 Å². The van der Waals surface area contributed by atoms with Crippen LogP contribution in [-0.2, 0) is 9.59 Å². The summed E-state index contributed by atoms with van der Waals surface area (Å²) < 4.78 is 11.4. The zero-order valence-corrected chi connectivity index (χ0v) is 16.2. The van der Waals surface area contributed by atoms with E-state index in [-0.39, 0.29) is 42.1 Å². The normalized spacial score (nSPS) is 28.1. The number of ether oxygens (including phenoxy) is 2. The topological polar surface area (TPSA) is 68.2 Å². The van der Waals surface area contributed by atoms with E-state index in [0.29, 0.717) is 21.5 Å². The highest BCUT2D eigenvalue weighted by atomic mass is 79.9. The fraction of sp³-hybridized carbons (Fsp3) is 0.350. The Morgan fingerprint density at radius 2 is 1.96 bits per heavy atom. The van der Waals surface area contributed by atoms with E-state index in [2.05, 4.69) is 39.1 Å². The van der Waals surface area contributed by atoms with Crippen molar-refractivity contribution in [2.75, 3.05) is 13.7 Å². The predicted octanol–water partition coefficient (Wildman–Crippen LogP) is 2.61. The Hall–Kier alpha value is -2.59. The molecule has 4 unspecified atom stereocenters. The number of rotatable bonds is 5. The smallest absolute Gasteiger partial charge is 0.254 e. The Labute approximate surface area is 165 Å². The lowest BCUT2D eigenvalue weighted by Crippen LogP contribution is -2.28. The van der Waals surface area contributed by atoms with Crippen LogP contribution in [0.5, 0.6) is 11.5 Å². The summed E-state index contributed by atoms with van der Waals surface area (Å²) in [7, 11) is 1.52. The van der Waals surface area contributed by atoms with Gasteiger partial charge in [0.05, 0.1) is 29.6 Å². The third-order valence-electron chi connectivity index (χ3n) is 5.32. The number of imide groups is 1. The standard InChI is InChI=1S/C20H17BrN2O4/c1-3-6-27-18-14(21)7-11(8-15(18)26-2)10-22-23-19(24)16-12-4-5-13(9-12)17(16)20(23)25/h1,4-5,7-8,10,12-13,16-17H,6,9H2,2H3. The van der Waals surface area contributed by atoms with Crippen LogP contribution >= 0.6 is 15.9 Å². The maximum Gasteiger partial charge on any atom is 0.254 e. The van der Waals surface area contributed by atoms with E-state index in [1.807, 2.05) is 0 Å². The number of terminal acetylenes is 1. The van der Waals surface area contributed by atoms with Gasteiger partial charge in [-0.3, -0.25) is 9.59 Å². The van der Waals surface area contributed by atoms with Crippen molar-refractivity contribution in [3.63, 3.8) is 0 Å². The van der Waals surface area contributed by atoms with Gasteiger partial charge in [-0.05, 0) is 51.9 Å². The minimum absolute atomic E-state index is 0.109. The van der Waals surface area contributed by atoms with Gasteiger partial charge in [0.1, 0.15) is 6.61 Å². The molecule has 3 aliphatic rings. The molecule has 1 heterocycles. The second-order valence-corrected chi connectivity index (χ2v) is 7.61. The minimum atomic E-state index is -0.259. The van der Waals surface area contributed by atoms with Gasteiger partial charge in [0, 0.05) is 0 Å². The van der Waals surface area contributed by atoms with Crippen molar-refractivity contribution in [3.8, 4) is 23.8 Å². The lowest BCUT2D eigenvalue weighted by Gasteiger charge is -2.13. The molecule has 138 valence electrons. The van der Waals surface area contributed by atoms with E-state index in [1.54, 1.807) is 12.1 Å². The number of hydrazone groups is 1. The molecule has 0 radical (unpaired) electrons. The average Bonchev–Trinajstić information content (AvgIpc) is 3.33. The van der Waals surface area contributed by atoms with E-state index in [1.165, 1.54) is 13.3 Å². The molecule has 1 aromatic rings. The first-order valence-electron chi connectivity index (χ1n) is 8.59. The molecule has 1 saturated carbocycles. The Morgan fingerprint density at radius 1 is 1.30 bits per heavy atom. The van der Waals surface area contributed by atoms with Crippen molar-refractivity contribution < 1.29 is 19.1 Å². The molecule has 7 heteroatoms. The Bertz CT molecular complexity index is 887. The summed E-state index contributed by atoms with van der Waals surface area (Å²) in [5.74, 6) is 2.75. The molecule has 1 aromatic carbocycles. The molecule has 6 nitrogen and oxygen atoms in total. The minimum Gasteiger partial charge on any atom is -0.493 e. The van der Waals surface area contributed by atoms with Gasteiger partial charge >= 0.3 is 0 Å². The van der Waals surface area contributed by atoms with Crippen molar-refractivity contribution >= 4 is 34.0 Å². The summed E-state index contributed by atoms with van der Waals surface area (Å²) in [5.41, 5.74) is 0.658. The van der Waals surface area contributed by atoms with Crippen molar-refractivity contribution in [1.29, 1.82) is 0 Å². The number of hydrogen-bond donors (Lipinski definition) is 0. The van der Waals surface area contributed by atoms with E-state index in [9.17, 15) is 9.59 Å². The van der Waals surface area contributed by atoms with Crippen molar-refractivity contribution in [3.05, 3.63) is 34.3 Å². The SMILES string of the molecule is C#CCOc1c(Br)cc(C=NN2C(=O)C3C4C=CC(C4)C3C2=O)cc1OC. The van der Waals surface area contributed by atoms with Crippen LogP contribution in [0.25, 0.3) is 0 Å². The summed E-state index contributed by atoms with van der Waals surface area (Å²) in [5, 5.41) is 5.19. The molecular formula is C20H17BrN2O4. The molecule has 0 N–H and O–H groups in total. The highest BCUT2D eigenvalue weighted by molar-refractivity contribution is 9.10. The number of hydrogen-bond acceptors (Lipinski definition) is 5. The lowest BCUT2D eigenvalue weighted by molar-refractivity contribution is -0.140. The van der Waals surface area contributed by atoms with Gasteiger partial charge in [-0.15, -0.1) is 6.42 Å². The Kier molecular flexibility index (Phi) is 4.52. The van der Waals surface area contributed by atoms with Gasteiger partial charge in [0.25, 0.3) is 11.8 Å². The number of halogens is 1. The van der Waals surface area contributed by atoms with Gasteiger partial charge in [-0.2, -0.15) is 10.1 Å². The van der Waals surface area contributed by atoms with Crippen LogP contribution in [0.2, 0.25) is 0 Å².